The minimum absolute atomic E-state index is 0.419. The summed E-state index contributed by atoms with van der Waals surface area (Å²) in [5, 5.41) is 0. The zero-order valence-electron chi connectivity index (χ0n) is 10.5. The van der Waals surface area contributed by atoms with Crippen molar-refractivity contribution >= 4 is 14.8 Å². The Morgan fingerprint density at radius 2 is 1.75 bits per heavy atom. The van der Waals surface area contributed by atoms with Crippen LogP contribution < -0.4 is 0 Å². The molecule has 0 heterocycles. The van der Waals surface area contributed by atoms with Crippen LogP contribution in [0.2, 0.25) is 0 Å². The van der Waals surface area contributed by atoms with Crippen LogP contribution in [0.3, 0.4) is 0 Å². The van der Waals surface area contributed by atoms with Gasteiger partial charge in [0.15, 0.2) is 5.73 Å². The molecule has 0 aromatic carbocycles. The molecule has 0 spiro atoms. The molecule has 0 unspecified atom stereocenters. The van der Waals surface area contributed by atoms with Crippen LogP contribution in [0.4, 0.5) is 0 Å². The highest BCUT2D eigenvalue weighted by molar-refractivity contribution is 6.62. The van der Waals surface area contributed by atoms with Gasteiger partial charge in [0, 0.05) is 27.4 Å². The molecule has 0 aromatic heterocycles. The number of carbonyl (C=O) groups is 1. The summed E-state index contributed by atoms with van der Waals surface area (Å²) in [7, 11) is 1.56. The van der Waals surface area contributed by atoms with Crippen LogP contribution in [0.25, 0.3) is 0 Å². The predicted molar refractivity (Wildman–Crippen MR) is 61.8 cm³/mol. The van der Waals surface area contributed by atoms with E-state index in [0.29, 0.717) is 6.42 Å². The van der Waals surface area contributed by atoms with E-state index in [-0.39, 0.29) is 0 Å². The summed E-state index contributed by atoms with van der Waals surface area (Å²) in [5.74, 6) is -0.419. The molecule has 0 saturated heterocycles. The van der Waals surface area contributed by atoms with Crippen molar-refractivity contribution in [3.8, 4) is 0 Å². The Labute approximate surface area is 97.7 Å². The third-order valence-electron chi connectivity index (χ3n) is 2.18. The molecule has 1 atom stereocenters. The molecule has 0 saturated carbocycles. The van der Waals surface area contributed by atoms with Crippen molar-refractivity contribution in [2.75, 3.05) is 21.3 Å². The first kappa shape index (κ1) is 15.3. The lowest BCUT2D eigenvalue weighted by Crippen LogP contribution is -2.55. The first-order valence-corrected chi connectivity index (χ1v) is 6.89. The van der Waals surface area contributed by atoms with Gasteiger partial charge >= 0.3 is 14.8 Å². The number of hydrogen-bond donors (Lipinski definition) is 0. The molecular weight excluding hydrogens is 228 g/mol. The third-order valence-corrected chi connectivity index (χ3v) is 5.20. The Morgan fingerprint density at radius 1 is 1.25 bits per heavy atom. The molecule has 94 valence electrons. The Bertz CT molecular complexity index is 229. The van der Waals surface area contributed by atoms with E-state index >= 15 is 0 Å². The zero-order chi connectivity index (χ0) is 12.6. The van der Waals surface area contributed by atoms with E-state index in [1.807, 2.05) is 6.92 Å². The van der Waals surface area contributed by atoms with Gasteiger partial charge in [0.05, 0.1) is 0 Å². The second-order valence-corrected chi connectivity index (χ2v) is 6.13. The van der Waals surface area contributed by atoms with E-state index in [4.69, 9.17) is 18.0 Å². The van der Waals surface area contributed by atoms with E-state index in [2.05, 4.69) is 0 Å². The van der Waals surface area contributed by atoms with E-state index in [9.17, 15) is 4.79 Å². The molecule has 0 aliphatic rings. The molecule has 0 aromatic rings. The molecule has 6 heteroatoms. The van der Waals surface area contributed by atoms with Gasteiger partial charge in [0.1, 0.15) is 0 Å². The van der Waals surface area contributed by atoms with Crippen molar-refractivity contribution in [3.63, 3.8) is 0 Å². The topological polar surface area (TPSA) is 54.0 Å². The van der Waals surface area contributed by atoms with Gasteiger partial charge in [-0.05, 0) is 13.3 Å². The molecule has 0 N–H and O–H groups in total. The molecule has 0 bridgehead atoms. The smallest absolute Gasteiger partial charge is 0.455 e. The summed E-state index contributed by atoms with van der Waals surface area (Å²) in [6.07, 6.45) is 3.54. The quantitative estimate of drug-likeness (QED) is 0.386. The second kappa shape index (κ2) is 7.56. The fraction of sp³-hybridized carbons (Fsp3) is 0.700. The van der Waals surface area contributed by atoms with Crippen molar-refractivity contribution in [1.29, 1.82) is 0 Å². The molecule has 0 rings (SSSR count). The number of allylic oxidation sites excluding steroid dienone is 1. The van der Waals surface area contributed by atoms with E-state index < -0.39 is 20.5 Å². The fourth-order valence-electron chi connectivity index (χ4n) is 1.37. The third kappa shape index (κ3) is 3.71. The van der Waals surface area contributed by atoms with Gasteiger partial charge < -0.3 is 18.0 Å². The van der Waals surface area contributed by atoms with E-state index in [1.54, 1.807) is 13.0 Å². The summed E-state index contributed by atoms with van der Waals surface area (Å²) in [4.78, 5) is 11.4. The van der Waals surface area contributed by atoms with Crippen LogP contribution in [0.1, 0.15) is 20.3 Å². The lowest BCUT2D eigenvalue weighted by atomic mass is 10.5. The Kier molecular flexibility index (Phi) is 7.23. The summed E-state index contributed by atoms with van der Waals surface area (Å²) in [5.41, 5.74) is -0.490. The zero-order valence-corrected chi connectivity index (χ0v) is 11.5. The van der Waals surface area contributed by atoms with Gasteiger partial charge in [0.25, 0.3) is 0 Å². The van der Waals surface area contributed by atoms with Crippen molar-refractivity contribution in [3.05, 3.63) is 12.2 Å². The largest absolute Gasteiger partial charge is 0.543 e. The number of hydrogen-bond acceptors (Lipinski definition) is 5. The number of ether oxygens (including phenoxy) is 1. The van der Waals surface area contributed by atoms with Crippen molar-refractivity contribution in [1.82, 2.24) is 0 Å². The Morgan fingerprint density at radius 3 is 2.06 bits per heavy atom. The number of carbonyl (C=O) groups excluding carboxylic acids is 1. The highest BCUT2D eigenvalue weighted by Gasteiger charge is 2.49. The van der Waals surface area contributed by atoms with Crippen LogP contribution in [-0.4, -0.2) is 41.8 Å². The SMILES string of the molecule is C/C=C/C(=O)O[C@@H](CC)[Si](OC)(OC)OC. The summed E-state index contributed by atoms with van der Waals surface area (Å²) < 4.78 is 21.0. The van der Waals surface area contributed by atoms with Crippen LogP contribution in [0, 0.1) is 0 Å². The molecule has 16 heavy (non-hydrogen) atoms. The first-order valence-electron chi connectivity index (χ1n) is 5.08. The van der Waals surface area contributed by atoms with Gasteiger partial charge in [-0.2, -0.15) is 0 Å². The minimum atomic E-state index is -2.92. The molecule has 0 amide bonds. The maximum atomic E-state index is 11.4. The van der Waals surface area contributed by atoms with Crippen molar-refractivity contribution in [2.45, 2.75) is 26.0 Å². The van der Waals surface area contributed by atoms with Gasteiger partial charge in [0.2, 0.25) is 0 Å². The van der Waals surface area contributed by atoms with Crippen molar-refractivity contribution < 1.29 is 22.8 Å². The number of rotatable bonds is 7. The summed E-state index contributed by atoms with van der Waals surface area (Å²) in [6, 6.07) is 0. The van der Waals surface area contributed by atoms with Crippen LogP contribution in [0.5, 0.6) is 0 Å². The van der Waals surface area contributed by atoms with E-state index in [1.165, 1.54) is 27.4 Å². The normalized spacial score (nSPS) is 14.1. The second-order valence-electron chi connectivity index (χ2n) is 3.05. The highest BCUT2D eigenvalue weighted by atomic mass is 28.4. The van der Waals surface area contributed by atoms with Crippen LogP contribution >= 0.6 is 0 Å². The van der Waals surface area contributed by atoms with Gasteiger partial charge in [-0.3, -0.25) is 0 Å². The summed E-state index contributed by atoms with van der Waals surface area (Å²) >= 11 is 0. The van der Waals surface area contributed by atoms with Crippen LogP contribution in [-0.2, 0) is 22.8 Å². The average Bonchev–Trinajstić information content (AvgIpc) is 2.30. The van der Waals surface area contributed by atoms with E-state index in [0.717, 1.165) is 0 Å². The lowest BCUT2D eigenvalue weighted by Gasteiger charge is -2.30. The first-order chi connectivity index (χ1) is 7.60. The molecule has 5 nitrogen and oxygen atoms in total. The Hall–Kier alpha value is -0.693. The maximum absolute atomic E-state index is 11.4. The molecule has 0 radical (unpaired) electrons. The monoisotopic (exact) mass is 248 g/mol. The standard InChI is InChI=1S/C10H20O5Si/c1-6-8-9(11)15-10(7-2)16(12-3,13-4)14-5/h6,8,10H,7H2,1-5H3/b8-6+/t10-/m1/s1. The Balaban J connectivity index is 4.74. The molecular formula is C10H20O5Si. The average molecular weight is 248 g/mol. The van der Waals surface area contributed by atoms with Gasteiger partial charge in [-0.25, -0.2) is 4.79 Å². The molecule has 0 fully saturated rings. The highest BCUT2D eigenvalue weighted by Crippen LogP contribution is 2.18. The van der Waals surface area contributed by atoms with Gasteiger partial charge in [-0.15, -0.1) is 0 Å². The lowest BCUT2D eigenvalue weighted by molar-refractivity contribution is -0.142. The number of esters is 1. The molecule has 0 aliphatic heterocycles. The molecule has 0 aliphatic carbocycles. The predicted octanol–water partition coefficient (Wildman–Crippen LogP) is 1.30. The summed E-state index contributed by atoms with van der Waals surface area (Å²) in [6.45, 7) is 3.63. The maximum Gasteiger partial charge on any atom is 0.543 e. The van der Waals surface area contributed by atoms with Crippen molar-refractivity contribution in [2.24, 2.45) is 0 Å². The minimum Gasteiger partial charge on any atom is -0.455 e. The van der Waals surface area contributed by atoms with Gasteiger partial charge in [-0.1, -0.05) is 13.0 Å². The van der Waals surface area contributed by atoms with Crippen LogP contribution in [0.15, 0.2) is 12.2 Å². The fourth-order valence-corrected chi connectivity index (χ4v) is 3.41.